The summed E-state index contributed by atoms with van der Waals surface area (Å²) in [5.74, 6) is -0.251. The van der Waals surface area contributed by atoms with E-state index in [0.717, 1.165) is 11.1 Å². The molecule has 0 aromatic heterocycles. The summed E-state index contributed by atoms with van der Waals surface area (Å²) in [5, 5.41) is 9.97. The lowest BCUT2D eigenvalue weighted by molar-refractivity contribution is 0.0696. The van der Waals surface area contributed by atoms with Crippen molar-refractivity contribution in [1.29, 1.82) is 0 Å². The van der Waals surface area contributed by atoms with Gasteiger partial charge in [0.15, 0.2) is 0 Å². The largest absolute Gasteiger partial charge is 0.485 e. The number of benzene rings is 2. The maximum absolute atomic E-state index is 11.0. The Hall–Kier alpha value is -1.71. The Bertz CT molecular complexity index is 667. The number of rotatable bonds is 2. The van der Waals surface area contributed by atoms with Crippen molar-refractivity contribution in [2.24, 2.45) is 0 Å². The van der Waals surface area contributed by atoms with Gasteiger partial charge in [-0.2, -0.15) is 0 Å². The summed E-state index contributed by atoms with van der Waals surface area (Å²) in [6.45, 7) is 0. The van der Waals surface area contributed by atoms with Gasteiger partial charge in [-0.1, -0.05) is 35.3 Å². The van der Waals surface area contributed by atoms with E-state index in [1.165, 1.54) is 0 Å². The quantitative estimate of drug-likeness (QED) is 0.896. The smallest absolute Gasteiger partial charge is 0.335 e. The van der Waals surface area contributed by atoms with Crippen LogP contribution in [-0.2, 0) is 6.42 Å². The van der Waals surface area contributed by atoms with Crippen molar-refractivity contribution in [2.45, 2.75) is 12.5 Å². The average Bonchev–Trinajstić information content (AvgIpc) is 2.82. The van der Waals surface area contributed by atoms with Crippen LogP contribution in [0.1, 0.15) is 27.6 Å². The van der Waals surface area contributed by atoms with E-state index in [0.29, 0.717) is 22.2 Å². The molecular formula is C15H10Cl2O3. The first-order chi connectivity index (χ1) is 9.54. The zero-order valence-electron chi connectivity index (χ0n) is 10.3. The van der Waals surface area contributed by atoms with Gasteiger partial charge in [-0.25, -0.2) is 4.79 Å². The highest BCUT2D eigenvalue weighted by molar-refractivity contribution is 6.42. The van der Waals surface area contributed by atoms with Crippen molar-refractivity contribution in [3.8, 4) is 5.75 Å². The lowest BCUT2D eigenvalue weighted by Gasteiger charge is -2.11. The van der Waals surface area contributed by atoms with Crippen LogP contribution in [-0.4, -0.2) is 11.1 Å². The first kappa shape index (κ1) is 13.3. The molecule has 2 aromatic carbocycles. The number of aromatic carboxylic acids is 1. The highest BCUT2D eigenvalue weighted by Gasteiger charge is 2.26. The average molecular weight is 309 g/mol. The maximum Gasteiger partial charge on any atom is 0.335 e. The second-order valence-corrected chi connectivity index (χ2v) is 5.43. The van der Waals surface area contributed by atoms with E-state index in [2.05, 4.69) is 0 Å². The van der Waals surface area contributed by atoms with Gasteiger partial charge in [0.2, 0.25) is 0 Å². The van der Waals surface area contributed by atoms with Crippen molar-refractivity contribution < 1.29 is 14.6 Å². The molecule has 1 aliphatic heterocycles. The molecule has 1 aliphatic rings. The van der Waals surface area contributed by atoms with Crippen molar-refractivity contribution in [1.82, 2.24) is 0 Å². The molecule has 0 aliphatic carbocycles. The zero-order valence-corrected chi connectivity index (χ0v) is 11.8. The van der Waals surface area contributed by atoms with Gasteiger partial charge in [0.05, 0.1) is 15.6 Å². The molecule has 0 saturated heterocycles. The molecule has 2 aromatic rings. The predicted octanol–water partition coefficient (Wildman–Crippen LogP) is 4.37. The highest BCUT2D eigenvalue weighted by atomic mass is 35.5. The minimum Gasteiger partial charge on any atom is -0.485 e. The number of hydrogen-bond acceptors (Lipinski definition) is 2. The van der Waals surface area contributed by atoms with Gasteiger partial charge in [0.1, 0.15) is 11.9 Å². The molecule has 102 valence electrons. The number of fused-ring (bicyclic) bond motifs is 1. The second kappa shape index (κ2) is 5.00. The minimum absolute atomic E-state index is 0.209. The van der Waals surface area contributed by atoms with E-state index in [1.54, 1.807) is 30.3 Å². The molecule has 5 heteroatoms. The summed E-state index contributed by atoms with van der Waals surface area (Å²) in [7, 11) is 0. The van der Waals surface area contributed by atoms with Crippen LogP contribution in [0, 0.1) is 0 Å². The maximum atomic E-state index is 11.0. The van der Waals surface area contributed by atoms with Crippen LogP contribution in [0.3, 0.4) is 0 Å². The Morgan fingerprint density at radius 2 is 1.95 bits per heavy atom. The molecule has 0 spiro atoms. The van der Waals surface area contributed by atoms with Gasteiger partial charge in [0, 0.05) is 12.5 Å². The van der Waals surface area contributed by atoms with Crippen LogP contribution in [0.25, 0.3) is 0 Å². The molecule has 0 radical (unpaired) electrons. The molecule has 0 fully saturated rings. The third-order valence-electron chi connectivity index (χ3n) is 3.28. The van der Waals surface area contributed by atoms with E-state index in [-0.39, 0.29) is 11.7 Å². The molecule has 0 bridgehead atoms. The third kappa shape index (κ3) is 2.35. The Kier molecular flexibility index (Phi) is 3.32. The fourth-order valence-electron chi connectivity index (χ4n) is 2.29. The van der Waals surface area contributed by atoms with Crippen LogP contribution in [0.15, 0.2) is 36.4 Å². The van der Waals surface area contributed by atoms with E-state index in [4.69, 9.17) is 33.0 Å². The molecule has 0 amide bonds. The van der Waals surface area contributed by atoms with E-state index >= 15 is 0 Å². The first-order valence-corrected chi connectivity index (χ1v) is 6.78. The molecular weight excluding hydrogens is 299 g/mol. The van der Waals surface area contributed by atoms with E-state index in [1.807, 2.05) is 6.07 Å². The Morgan fingerprint density at radius 3 is 2.70 bits per heavy atom. The van der Waals surface area contributed by atoms with Crippen molar-refractivity contribution in [2.75, 3.05) is 0 Å². The summed E-state index contributed by atoms with van der Waals surface area (Å²) in [6.07, 6.45) is 0.439. The number of ether oxygens (including phenoxy) is 1. The monoisotopic (exact) mass is 308 g/mol. The summed E-state index contributed by atoms with van der Waals surface area (Å²) >= 11 is 12.0. The summed E-state index contributed by atoms with van der Waals surface area (Å²) < 4.78 is 5.83. The standard InChI is InChI=1S/C15H10Cl2O3/c16-11-5-10-6-13(20-14(10)7-12(11)17)8-2-1-3-9(4-8)15(18)19/h1-5,7,13H,6H2,(H,18,19). The lowest BCUT2D eigenvalue weighted by Crippen LogP contribution is -2.05. The number of carboxylic acid groups (broad SMARTS) is 1. The topological polar surface area (TPSA) is 46.5 Å². The van der Waals surface area contributed by atoms with Crippen LogP contribution < -0.4 is 4.74 Å². The van der Waals surface area contributed by atoms with Crippen LogP contribution in [0.2, 0.25) is 10.0 Å². The number of carbonyl (C=O) groups is 1. The zero-order chi connectivity index (χ0) is 14.3. The van der Waals surface area contributed by atoms with Crippen molar-refractivity contribution >= 4 is 29.2 Å². The molecule has 1 unspecified atom stereocenters. The normalized spacial score (nSPS) is 16.6. The molecule has 0 saturated carbocycles. The van der Waals surface area contributed by atoms with Gasteiger partial charge in [-0.15, -0.1) is 0 Å². The molecule has 20 heavy (non-hydrogen) atoms. The van der Waals surface area contributed by atoms with Crippen LogP contribution >= 0.6 is 23.2 Å². The van der Waals surface area contributed by atoms with E-state index < -0.39 is 5.97 Å². The predicted molar refractivity (Wildman–Crippen MR) is 76.9 cm³/mol. The molecule has 1 N–H and O–H groups in total. The summed E-state index contributed by atoms with van der Waals surface area (Å²) in [5.41, 5.74) is 2.05. The molecule has 3 nitrogen and oxygen atoms in total. The lowest BCUT2D eigenvalue weighted by atomic mass is 10.0. The SMILES string of the molecule is O=C(O)c1cccc(C2Cc3cc(Cl)c(Cl)cc3O2)c1. The number of hydrogen-bond donors (Lipinski definition) is 1. The van der Waals surface area contributed by atoms with Crippen molar-refractivity contribution in [3.05, 3.63) is 63.1 Å². The number of carboxylic acids is 1. The van der Waals surface area contributed by atoms with Gasteiger partial charge >= 0.3 is 5.97 Å². The van der Waals surface area contributed by atoms with Gasteiger partial charge in [0.25, 0.3) is 0 Å². The summed E-state index contributed by atoms with van der Waals surface area (Å²) in [4.78, 5) is 11.0. The Balaban J connectivity index is 1.92. The van der Waals surface area contributed by atoms with Gasteiger partial charge in [-0.3, -0.25) is 0 Å². The number of halogens is 2. The fraction of sp³-hybridized carbons (Fsp3) is 0.133. The molecule has 1 heterocycles. The van der Waals surface area contributed by atoms with Crippen LogP contribution in [0.5, 0.6) is 5.75 Å². The summed E-state index contributed by atoms with van der Waals surface area (Å²) in [6, 6.07) is 10.2. The highest BCUT2D eigenvalue weighted by Crippen LogP contribution is 2.40. The molecule has 3 rings (SSSR count). The minimum atomic E-state index is -0.951. The van der Waals surface area contributed by atoms with Crippen LogP contribution in [0.4, 0.5) is 0 Å². The third-order valence-corrected chi connectivity index (χ3v) is 4.01. The first-order valence-electron chi connectivity index (χ1n) is 6.02. The Labute approximate surface area is 125 Å². The fourth-order valence-corrected chi connectivity index (χ4v) is 2.63. The van der Waals surface area contributed by atoms with E-state index in [9.17, 15) is 4.79 Å². The van der Waals surface area contributed by atoms with Gasteiger partial charge in [-0.05, 0) is 29.3 Å². The Morgan fingerprint density at radius 1 is 1.20 bits per heavy atom. The molecule has 1 atom stereocenters. The van der Waals surface area contributed by atoms with Gasteiger partial charge < -0.3 is 9.84 Å². The van der Waals surface area contributed by atoms with Crippen molar-refractivity contribution in [3.63, 3.8) is 0 Å². The second-order valence-electron chi connectivity index (χ2n) is 4.62.